The van der Waals surface area contributed by atoms with E-state index in [0.717, 1.165) is 11.8 Å². The highest BCUT2D eigenvalue weighted by atomic mass is 15.1. The van der Waals surface area contributed by atoms with Crippen LogP contribution in [0.5, 0.6) is 0 Å². The first kappa shape index (κ1) is 11.0. The van der Waals surface area contributed by atoms with E-state index in [1.165, 1.54) is 32.5 Å². The first-order chi connectivity index (χ1) is 6.11. The van der Waals surface area contributed by atoms with Gasteiger partial charge in [-0.25, -0.2) is 0 Å². The third-order valence-electron chi connectivity index (χ3n) is 2.86. The van der Waals surface area contributed by atoms with Crippen molar-refractivity contribution in [3.05, 3.63) is 0 Å². The fourth-order valence-corrected chi connectivity index (χ4v) is 2.15. The van der Waals surface area contributed by atoms with Crippen molar-refractivity contribution < 1.29 is 0 Å². The zero-order valence-electron chi connectivity index (χ0n) is 9.29. The minimum atomic E-state index is 0.503. The molecule has 0 bridgehead atoms. The maximum absolute atomic E-state index is 5.77. The summed E-state index contributed by atoms with van der Waals surface area (Å²) in [5, 5.41) is 0. The molecule has 2 N–H and O–H groups in total. The van der Waals surface area contributed by atoms with Crippen molar-refractivity contribution in [2.75, 3.05) is 19.6 Å². The first-order valence-electron chi connectivity index (χ1n) is 5.59. The van der Waals surface area contributed by atoms with Gasteiger partial charge in [0.25, 0.3) is 0 Å². The van der Waals surface area contributed by atoms with Crippen LogP contribution >= 0.6 is 0 Å². The lowest BCUT2D eigenvalue weighted by Gasteiger charge is -2.36. The molecule has 13 heavy (non-hydrogen) atoms. The van der Waals surface area contributed by atoms with Crippen LogP contribution < -0.4 is 5.73 Å². The number of rotatable bonds is 5. The van der Waals surface area contributed by atoms with E-state index in [-0.39, 0.29) is 0 Å². The first-order valence-corrected chi connectivity index (χ1v) is 5.59. The van der Waals surface area contributed by atoms with Crippen molar-refractivity contribution in [3.8, 4) is 0 Å². The Labute approximate surface area is 82.5 Å². The molecule has 0 aromatic heterocycles. The molecule has 0 saturated heterocycles. The van der Waals surface area contributed by atoms with Crippen LogP contribution in [0.4, 0.5) is 0 Å². The fraction of sp³-hybridized carbons (Fsp3) is 1.00. The van der Waals surface area contributed by atoms with Crippen molar-refractivity contribution in [1.82, 2.24) is 4.90 Å². The Hall–Kier alpha value is -0.0800. The molecule has 0 atom stereocenters. The van der Waals surface area contributed by atoms with E-state index < -0.39 is 0 Å². The van der Waals surface area contributed by atoms with Crippen molar-refractivity contribution in [1.29, 1.82) is 0 Å². The Morgan fingerprint density at radius 1 is 1.38 bits per heavy atom. The molecule has 0 unspecified atom stereocenters. The average molecular weight is 184 g/mol. The Bertz CT molecular complexity index is 139. The lowest BCUT2D eigenvalue weighted by Crippen LogP contribution is -2.43. The van der Waals surface area contributed by atoms with Gasteiger partial charge in [-0.1, -0.05) is 20.8 Å². The predicted octanol–water partition coefficient (Wildman–Crippen LogP) is 1.70. The van der Waals surface area contributed by atoms with Gasteiger partial charge in [0, 0.05) is 19.1 Å². The predicted molar refractivity (Wildman–Crippen MR) is 57.7 cm³/mol. The third-order valence-corrected chi connectivity index (χ3v) is 2.86. The molecule has 0 aliphatic heterocycles. The molecule has 1 rings (SSSR count). The second kappa shape index (κ2) is 4.97. The van der Waals surface area contributed by atoms with Crippen LogP contribution in [0.2, 0.25) is 0 Å². The van der Waals surface area contributed by atoms with Crippen molar-refractivity contribution in [2.45, 2.75) is 39.7 Å². The van der Waals surface area contributed by atoms with Crippen molar-refractivity contribution in [3.63, 3.8) is 0 Å². The van der Waals surface area contributed by atoms with Gasteiger partial charge >= 0.3 is 0 Å². The molecule has 0 heterocycles. The normalized spacial score (nSPS) is 28.2. The number of hydrogen-bond acceptors (Lipinski definition) is 2. The molecule has 0 amide bonds. The summed E-state index contributed by atoms with van der Waals surface area (Å²) in [5.41, 5.74) is 5.77. The summed E-state index contributed by atoms with van der Waals surface area (Å²) in [6, 6.07) is 0.503. The molecule has 1 fully saturated rings. The maximum atomic E-state index is 5.77. The van der Waals surface area contributed by atoms with Crippen LogP contribution in [0, 0.1) is 11.8 Å². The highest BCUT2D eigenvalue weighted by molar-refractivity contribution is 4.84. The summed E-state index contributed by atoms with van der Waals surface area (Å²) in [4.78, 5) is 2.56. The summed E-state index contributed by atoms with van der Waals surface area (Å²) in [5.74, 6) is 1.67. The highest BCUT2D eigenvalue weighted by Crippen LogP contribution is 2.26. The second-order valence-corrected chi connectivity index (χ2v) is 4.84. The quantitative estimate of drug-likeness (QED) is 0.704. The summed E-state index contributed by atoms with van der Waals surface area (Å²) in [6.45, 7) is 10.5. The van der Waals surface area contributed by atoms with E-state index in [4.69, 9.17) is 5.73 Å². The molecule has 1 aliphatic carbocycles. The van der Waals surface area contributed by atoms with E-state index in [1.807, 2.05) is 0 Å². The summed E-state index contributed by atoms with van der Waals surface area (Å²) in [7, 11) is 0. The number of hydrogen-bond donors (Lipinski definition) is 1. The van der Waals surface area contributed by atoms with E-state index >= 15 is 0 Å². The van der Waals surface area contributed by atoms with Crippen LogP contribution in [0.15, 0.2) is 0 Å². The van der Waals surface area contributed by atoms with Crippen LogP contribution in [0.1, 0.15) is 33.6 Å². The van der Waals surface area contributed by atoms with Crippen molar-refractivity contribution >= 4 is 0 Å². The van der Waals surface area contributed by atoms with E-state index in [2.05, 4.69) is 25.7 Å². The highest BCUT2D eigenvalue weighted by Gasteiger charge is 2.27. The lowest BCUT2D eigenvalue weighted by molar-refractivity contribution is 0.154. The number of nitrogens with zero attached hydrogens (tertiary/aromatic N) is 1. The van der Waals surface area contributed by atoms with Gasteiger partial charge in [0.2, 0.25) is 0 Å². The molecule has 0 spiro atoms. The Morgan fingerprint density at radius 3 is 2.38 bits per heavy atom. The standard InChI is InChI=1S/C11H24N2/c1-4-13(7-9(2)3)8-10-5-11(12)6-10/h9-11H,4-8,12H2,1-3H3. The van der Waals surface area contributed by atoms with Gasteiger partial charge in [-0.15, -0.1) is 0 Å². The summed E-state index contributed by atoms with van der Waals surface area (Å²) < 4.78 is 0. The topological polar surface area (TPSA) is 29.3 Å². The molecule has 1 saturated carbocycles. The van der Waals surface area contributed by atoms with E-state index in [9.17, 15) is 0 Å². The second-order valence-electron chi connectivity index (χ2n) is 4.84. The van der Waals surface area contributed by atoms with Gasteiger partial charge < -0.3 is 10.6 Å². The van der Waals surface area contributed by atoms with Crippen molar-refractivity contribution in [2.24, 2.45) is 17.6 Å². The molecular formula is C11H24N2. The van der Waals surface area contributed by atoms with Gasteiger partial charge in [0.15, 0.2) is 0 Å². The third kappa shape index (κ3) is 3.65. The van der Waals surface area contributed by atoms with E-state index in [0.29, 0.717) is 6.04 Å². The Balaban J connectivity index is 2.16. The molecule has 78 valence electrons. The van der Waals surface area contributed by atoms with Crippen LogP contribution in [0.3, 0.4) is 0 Å². The minimum Gasteiger partial charge on any atom is -0.328 e. The van der Waals surface area contributed by atoms with Crippen LogP contribution in [0.25, 0.3) is 0 Å². The molecule has 0 radical (unpaired) electrons. The molecule has 0 aromatic rings. The van der Waals surface area contributed by atoms with E-state index in [1.54, 1.807) is 0 Å². The van der Waals surface area contributed by atoms with Crippen LogP contribution in [-0.4, -0.2) is 30.6 Å². The molecule has 1 aliphatic rings. The van der Waals surface area contributed by atoms with Gasteiger partial charge in [0.05, 0.1) is 0 Å². The molecule has 0 aromatic carbocycles. The zero-order chi connectivity index (χ0) is 9.84. The Morgan fingerprint density at radius 2 is 2.00 bits per heavy atom. The maximum Gasteiger partial charge on any atom is 0.00450 e. The summed E-state index contributed by atoms with van der Waals surface area (Å²) >= 11 is 0. The molecule has 2 nitrogen and oxygen atoms in total. The number of nitrogens with two attached hydrogens (primary N) is 1. The van der Waals surface area contributed by atoms with Gasteiger partial charge in [-0.2, -0.15) is 0 Å². The fourth-order valence-electron chi connectivity index (χ4n) is 2.15. The average Bonchev–Trinajstić information content (AvgIpc) is 1.99. The van der Waals surface area contributed by atoms with Gasteiger partial charge in [-0.3, -0.25) is 0 Å². The SMILES string of the molecule is CCN(CC(C)C)CC1CC(N)C1. The largest absolute Gasteiger partial charge is 0.328 e. The Kier molecular flexibility index (Phi) is 4.20. The molecule has 2 heteroatoms. The zero-order valence-corrected chi connectivity index (χ0v) is 9.29. The monoisotopic (exact) mass is 184 g/mol. The van der Waals surface area contributed by atoms with Gasteiger partial charge in [0.1, 0.15) is 0 Å². The lowest BCUT2D eigenvalue weighted by atomic mass is 9.80. The molecular weight excluding hydrogens is 160 g/mol. The minimum absolute atomic E-state index is 0.503. The summed E-state index contributed by atoms with van der Waals surface area (Å²) in [6.07, 6.45) is 2.49. The van der Waals surface area contributed by atoms with Crippen LogP contribution in [-0.2, 0) is 0 Å². The smallest absolute Gasteiger partial charge is 0.00450 e. The van der Waals surface area contributed by atoms with Gasteiger partial charge in [-0.05, 0) is 31.2 Å².